The van der Waals surface area contributed by atoms with Gasteiger partial charge in [-0.05, 0) is 80.0 Å². The number of benzene rings is 1. The quantitative estimate of drug-likeness (QED) is 0.296. The van der Waals surface area contributed by atoms with E-state index in [1.165, 1.54) is 0 Å². The summed E-state index contributed by atoms with van der Waals surface area (Å²) in [5.74, 6) is -0.445. The number of nitriles is 1. The monoisotopic (exact) mass is 545 g/mol. The predicted molar refractivity (Wildman–Crippen MR) is 161 cm³/mol. The van der Waals surface area contributed by atoms with E-state index in [2.05, 4.69) is 58.5 Å². The normalized spacial score (nSPS) is 15.9. The van der Waals surface area contributed by atoms with Crippen LogP contribution in [-0.2, 0) is 16.6 Å². The first-order chi connectivity index (χ1) is 19.1. The number of amides is 1. The molecule has 3 N–H and O–H groups in total. The van der Waals surface area contributed by atoms with Gasteiger partial charge in [-0.2, -0.15) is 5.26 Å². The standard InChI is InChI=1S/C32H43N5O3/c1-7-27(34-13-14-37-15-18-40-19-16-37)21-25-8-9-26(20-23(25)2)30-11-10-29(36(30)6)24(3)28(22-33)31(39)35-32(4,5)12-17-38/h7-11,20-21,34,38H,2,12-19H2,1,3-6H3,(H,35,39)/b25-21-,27-7?,28-24+. The summed E-state index contributed by atoms with van der Waals surface area (Å²) in [6, 6.07) is 12.2. The Morgan fingerprint density at radius 1 is 1.25 bits per heavy atom. The average molecular weight is 546 g/mol. The predicted octanol–water partition coefficient (Wildman–Crippen LogP) is 2.28. The van der Waals surface area contributed by atoms with Gasteiger partial charge < -0.3 is 25.0 Å². The number of allylic oxidation sites excluding steroid dienone is 3. The Hall–Kier alpha value is -3.64. The zero-order valence-corrected chi connectivity index (χ0v) is 24.5. The molecule has 0 radical (unpaired) electrons. The summed E-state index contributed by atoms with van der Waals surface area (Å²) in [6.07, 6.45) is 4.58. The number of aromatic nitrogens is 1. The highest BCUT2D eigenvalue weighted by atomic mass is 16.5. The molecule has 214 valence electrons. The highest BCUT2D eigenvalue weighted by molar-refractivity contribution is 6.04. The number of aliphatic hydroxyl groups is 1. The van der Waals surface area contributed by atoms with Crippen molar-refractivity contribution in [2.24, 2.45) is 7.05 Å². The van der Waals surface area contributed by atoms with Crippen molar-refractivity contribution in [3.05, 3.63) is 63.8 Å². The minimum absolute atomic E-state index is 0.0503. The molecule has 0 unspecified atom stereocenters. The number of hydrogen-bond donors (Lipinski definition) is 3. The van der Waals surface area contributed by atoms with Gasteiger partial charge in [0, 0.05) is 62.5 Å². The van der Waals surface area contributed by atoms with Gasteiger partial charge in [-0.1, -0.05) is 24.8 Å². The van der Waals surface area contributed by atoms with Crippen molar-refractivity contribution in [1.82, 2.24) is 20.1 Å². The van der Waals surface area contributed by atoms with E-state index < -0.39 is 11.4 Å². The fourth-order valence-electron chi connectivity index (χ4n) is 4.82. The van der Waals surface area contributed by atoms with Crippen molar-refractivity contribution < 1.29 is 14.6 Å². The van der Waals surface area contributed by atoms with Crippen LogP contribution in [0.1, 0.15) is 39.8 Å². The molecule has 1 amide bonds. The van der Waals surface area contributed by atoms with Crippen LogP contribution < -0.4 is 21.1 Å². The summed E-state index contributed by atoms with van der Waals surface area (Å²) < 4.78 is 7.41. The molecule has 2 aromatic rings. The Bertz CT molecular complexity index is 1400. The van der Waals surface area contributed by atoms with Crippen LogP contribution in [-0.4, -0.2) is 72.0 Å². The van der Waals surface area contributed by atoms with E-state index >= 15 is 0 Å². The molecule has 1 aliphatic rings. The molecule has 2 heterocycles. The lowest BCUT2D eigenvalue weighted by Gasteiger charge is -2.26. The Morgan fingerprint density at radius 2 is 1.98 bits per heavy atom. The van der Waals surface area contributed by atoms with Crippen molar-refractivity contribution in [2.45, 2.75) is 39.7 Å². The van der Waals surface area contributed by atoms with E-state index in [-0.39, 0.29) is 12.2 Å². The summed E-state index contributed by atoms with van der Waals surface area (Å²) >= 11 is 0. The Morgan fingerprint density at radius 3 is 2.60 bits per heavy atom. The number of carbonyl (C=O) groups excluding carboxylic acids is 1. The highest BCUT2D eigenvalue weighted by Crippen LogP contribution is 2.26. The van der Waals surface area contributed by atoms with Crippen LogP contribution in [0.5, 0.6) is 0 Å². The van der Waals surface area contributed by atoms with Crippen molar-refractivity contribution in [1.29, 1.82) is 5.26 Å². The maximum atomic E-state index is 12.9. The van der Waals surface area contributed by atoms with Crippen LogP contribution in [0, 0.1) is 11.3 Å². The van der Waals surface area contributed by atoms with E-state index in [0.29, 0.717) is 12.0 Å². The van der Waals surface area contributed by atoms with Gasteiger partial charge in [0.15, 0.2) is 0 Å². The fraction of sp³-hybridized carbons (Fsp3) is 0.438. The Labute approximate surface area is 237 Å². The summed E-state index contributed by atoms with van der Waals surface area (Å²) in [6.45, 7) is 17.1. The molecular formula is C32H43N5O3. The van der Waals surface area contributed by atoms with Gasteiger partial charge >= 0.3 is 0 Å². The molecular weight excluding hydrogens is 502 g/mol. The highest BCUT2D eigenvalue weighted by Gasteiger charge is 2.24. The molecule has 0 atom stereocenters. The molecule has 0 aliphatic carbocycles. The van der Waals surface area contributed by atoms with Crippen LogP contribution in [0.2, 0.25) is 0 Å². The second-order valence-electron chi connectivity index (χ2n) is 10.8. The molecule has 0 saturated carbocycles. The Kier molecular flexibility index (Phi) is 10.9. The van der Waals surface area contributed by atoms with Gasteiger partial charge in [-0.15, -0.1) is 0 Å². The van der Waals surface area contributed by atoms with Gasteiger partial charge in [0.05, 0.1) is 13.2 Å². The summed E-state index contributed by atoms with van der Waals surface area (Å²) in [5.41, 5.74) is 3.82. The van der Waals surface area contributed by atoms with E-state index in [1.54, 1.807) is 6.92 Å². The van der Waals surface area contributed by atoms with E-state index in [0.717, 1.165) is 72.5 Å². The number of aliphatic hydroxyl groups excluding tert-OH is 1. The first-order valence-electron chi connectivity index (χ1n) is 13.8. The number of rotatable bonds is 11. The van der Waals surface area contributed by atoms with Crippen molar-refractivity contribution >= 4 is 24.1 Å². The molecule has 8 heteroatoms. The number of nitrogens with zero attached hydrogens (tertiary/aromatic N) is 3. The third-order valence-corrected chi connectivity index (χ3v) is 7.33. The maximum absolute atomic E-state index is 12.9. The minimum Gasteiger partial charge on any atom is -0.396 e. The summed E-state index contributed by atoms with van der Waals surface area (Å²) in [7, 11) is 1.93. The number of ether oxygens (including phenoxy) is 1. The van der Waals surface area contributed by atoms with Crippen LogP contribution >= 0.6 is 0 Å². The van der Waals surface area contributed by atoms with Crippen LogP contribution in [0.4, 0.5) is 0 Å². The molecule has 1 saturated heterocycles. The summed E-state index contributed by atoms with van der Waals surface area (Å²) in [5, 5.41) is 27.4. The molecule has 1 aromatic carbocycles. The summed E-state index contributed by atoms with van der Waals surface area (Å²) in [4.78, 5) is 15.3. The molecule has 1 fully saturated rings. The van der Waals surface area contributed by atoms with Crippen molar-refractivity contribution in [2.75, 3.05) is 46.0 Å². The van der Waals surface area contributed by atoms with Gasteiger partial charge in [-0.3, -0.25) is 9.69 Å². The largest absolute Gasteiger partial charge is 0.396 e. The smallest absolute Gasteiger partial charge is 0.262 e. The van der Waals surface area contributed by atoms with Gasteiger partial charge in [0.2, 0.25) is 0 Å². The third kappa shape index (κ3) is 7.95. The number of morpholine rings is 1. The fourth-order valence-corrected chi connectivity index (χ4v) is 4.82. The minimum atomic E-state index is -0.623. The van der Waals surface area contributed by atoms with E-state index in [1.807, 2.05) is 44.5 Å². The zero-order valence-electron chi connectivity index (χ0n) is 24.5. The van der Waals surface area contributed by atoms with Gasteiger partial charge in [-0.25, -0.2) is 0 Å². The molecule has 3 rings (SSSR count). The van der Waals surface area contributed by atoms with Gasteiger partial charge in [0.25, 0.3) is 5.91 Å². The van der Waals surface area contributed by atoms with E-state index in [9.17, 15) is 15.2 Å². The molecule has 8 nitrogen and oxygen atoms in total. The molecule has 0 bridgehead atoms. The Balaban J connectivity index is 1.79. The lowest BCUT2D eigenvalue weighted by molar-refractivity contribution is -0.118. The SMILES string of the molecule is C=c1cc(-c2ccc(/C(C)=C(\C#N)C(=O)NC(C)(C)CCO)n2C)cc/c1=C/C(=CC)NCCN1CCOCC1. The van der Waals surface area contributed by atoms with Crippen molar-refractivity contribution in [3.8, 4) is 17.3 Å². The maximum Gasteiger partial charge on any atom is 0.262 e. The van der Waals surface area contributed by atoms with Crippen LogP contribution in [0.25, 0.3) is 29.5 Å². The van der Waals surface area contributed by atoms with Gasteiger partial charge in [0.1, 0.15) is 11.6 Å². The first kappa shape index (κ1) is 30.9. The zero-order chi connectivity index (χ0) is 29.3. The molecule has 40 heavy (non-hydrogen) atoms. The average Bonchev–Trinajstić information content (AvgIpc) is 3.30. The molecule has 1 aromatic heterocycles. The second kappa shape index (κ2) is 14.1. The number of carbonyl (C=O) groups is 1. The molecule has 0 spiro atoms. The number of nitrogens with one attached hydrogen (secondary N) is 2. The van der Waals surface area contributed by atoms with Crippen LogP contribution in [0.3, 0.4) is 0 Å². The van der Waals surface area contributed by atoms with Crippen LogP contribution in [0.15, 0.2) is 47.7 Å². The lowest BCUT2D eigenvalue weighted by Crippen LogP contribution is -2.44. The van der Waals surface area contributed by atoms with E-state index in [4.69, 9.17) is 4.74 Å². The topological polar surface area (TPSA) is 103 Å². The third-order valence-electron chi connectivity index (χ3n) is 7.33. The molecule has 1 aliphatic heterocycles. The van der Waals surface area contributed by atoms with Crippen molar-refractivity contribution in [3.63, 3.8) is 0 Å². The lowest BCUT2D eigenvalue weighted by atomic mass is 9.99. The second-order valence-corrected chi connectivity index (χ2v) is 10.8. The number of hydrogen-bond acceptors (Lipinski definition) is 6. The first-order valence-corrected chi connectivity index (χ1v) is 13.8.